The van der Waals surface area contributed by atoms with Gasteiger partial charge in [0, 0.05) is 5.69 Å². The number of aromatic nitrogens is 2. The molecule has 4 rings (SSSR count). The summed E-state index contributed by atoms with van der Waals surface area (Å²) in [5, 5.41) is 7.12. The number of rotatable bonds is 6. The molecule has 6 nitrogen and oxygen atoms in total. The third kappa shape index (κ3) is 4.59. The summed E-state index contributed by atoms with van der Waals surface area (Å²) in [5.74, 6) is -0.418. The fourth-order valence-electron chi connectivity index (χ4n) is 4.12. The quantitative estimate of drug-likeness (QED) is 0.537. The number of amides is 1. The lowest BCUT2D eigenvalue weighted by molar-refractivity contribution is 0.102. The van der Waals surface area contributed by atoms with Gasteiger partial charge in [0.2, 0.25) is 0 Å². The Hall–Kier alpha value is -2.64. The fourth-order valence-corrected chi connectivity index (χ4v) is 6.34. The van der Waals surface area contributed by atoms with Crippen LogP contribution < -0.4 is 5.32 Å². The summed E-state index contributed by atoms with van der Waals surface area (Å²) in [5.41, 5.74) is 3.39. The maximum atomic E-state index is 13.0. The van der Waals surface area contributed by atoms with Crippen LogP contribution in [0.4, 0.5) is 5.69 Å². The predicted molar refractivity (Wildman–Crippen MR) is 126 cm³/mol. The van der Waals surface area contributed by atoms with Crippen molar-refractivity contribution in [2.24, 2.45) is 0 Å². The maximum absolute atomic E-state index is 13.0. The second-order valence-corrected chi connectivity index (χ2v) is 10.9. The van der Waals surface area contributed by atoms with E-state index in [0.29, 0.717) is 30.8 Å². The van der Waals surface area contributed by atoms with Gasteiger partial charge >= 0.3 is 0 Å². The van der Waals surface area contributed by atoms with E-state index < -0.39 is 15.7 Å². The lowest BCUT2D eigenvalue weighted by Gasteiger charge is -2.12. The van der Waals surface area contributed by atoms with Gasteiger partial charge in [-0.05, 0) is 50.5 Å². The van der Waals surface area contributed by atoms with Gasteiger partial charge in [0.1, 0.15) is 5.15 Å². The summed E-state index contributed by atoms with van der Waals surface area (Å²) in [6, 6.07) is 14.4. The lowest BCUT2D eigenvalue weighted by Crippen LogP contribution is -2.18. The van der Waals surface area contributed by atoms with Gasteiger partial charge in [-0.3, -0.25) is 4.79 Å². The molecular formula is C24H26ClN3O3S. The Balaban J connectivity index is 1.54. The van der Waals surface area contributed by atoms with Crippen LogP contribution in [0.25, 0.3) is 0 Å². The largest absolute Gasteiger partial charge is 0.322 e. The smallest absolute Gasteiger partial charge is 0.260 e. The number of hydrogen-bond donors (Lipinski definition) is 1. The third-order valence-electron chi connectivity index (χ3n) is 5.91. The average Bonchev–Trinajstić information content (AvgIpc) is 3.39. The van der Waals surface area contributed by atoms with Crippen LogP contribution in [0.3, 0.4) is 0 Å². The number of aryl methyl sites for hydroxylation is 2. The van der Waals surface area contributed by atoms with Crippen LogP contribution in [0, 0.1) is 13.8 Å². The molecule has 0 atom stereocenters. The Labute approximate surface area is 193 Å². The van der Waals surface area contributed by atoms with Gasteiger partial charge in [0.25, 0.3) is 5.91 Å². The highest BCUT2D eigenvalue weighted by Gasteiger charge is 2.30. The molecule has 1 heterocycles. The number of benzene rings is 2. The van der Waals surface area contributed by atoms with Crippen molar-refractivity contribution in [3.8, 4) is 0 Å². The first-order chi connectivity index (χ1) is 15.3. The monoisotopic (exact) mass is 471 g/mol. The highest BCUT2D eigenvalue weighted by molar-refractivity contribution is 7.92. The van der Waals surface area contributed by atoms with Crippen molar-refractivity contribution in [1.82, 2.24) is 9.78 Å². The minimum atomic E-state index is -3.41. The van der Waals surface area contributed by atoms with Crippen molar-refractivity contribution in [3.05, 3.63) is 76.1 Å². The highest BCUT2D eigenvalue weighted by Crippen LogP contribution is 2.31. The van der Waals surface area contributed by atoms with Gasteiger partial charge in [-0.2, -0.15) is 5.10 Å². The lowest BCUT2D eigenvalue weighted by atomic mass is 10.1. The molecule has 1 saturated carbocycles. The summed E-state index contributed by atoms with van der Waals surface area (Å²) in [6.07, 6.45) is 3.25. The van der Waals surface area contributed by atoms with Crippen molar-refractivity contribution < 1.29 is 13.2 Å². The Morgan fingerprint density at radius 1 is 1.12 bits per heavy atom. The number of nitrogens with one attached hydrogen (secondary N) is 1. The molecule has 1 fully saturated rings. The molecule has 1 aliphatic rings. The molecular weight excluding hydrogens is 446 g/mol. The van der Waals surface area contributed by atoms with Gasteiger partial charge in [-0.25, -0.2) is 13.1 Å². The summed E-state index contributed by atoms with van der Waals surface area (Å²) < 4.78 is 27.4. The minimum Gasteiger partial charge on any atom is -0.322 e. The number of hydrogen-bond acceptors (Lipinski definition) is 4. The van der Waals surface area contributed by atoms with Crippen molar-refractivity contribution in [2.45, 2.75) is 56.2 Å². The van der Waals surface area contributed by atoms with Crippen LogP contribution in [-0.2, 0) is 16.4 Å². The second-order valence-electron chi connectivity index (χ2n) is 8.33. The van der Waals surface area contributed by atoms with E-state index in [1.54, 1.807) is 29.8 Å². The van der Waals surface area contributed by atoms with E-state index in [1.165, 1.54) is 6.07 Å². The first-order valence-corrected chi connectivity index (χ1v) is 12.6. The molecule has 1 N–H and O–H groups in total. The van der Waals surface area contributed by atoms with E-state index in [9.17, 15) is 13.2 Å². The number of nitrogens with zero attached hydrogens (tertiary/aromatic N) is 2. The third-order valence-corrected chi connectivity index (χ3v) is 8.55. The van der Waals surface area contributed by atoms with Crippen molar-refractivity contribution in [3.63, 3.8) is 0 Å². The molecule has 8 heteroatoms. The van der Waals surface area contributed by atoms with Crippen LogP contribution in [0.15, 0.2) is 53.4 Å². The van der Waals surface area contributed by atoms with Crippen LogP contribution in [0.1, 0.15) is 52.9 Å². The molecule has 0 spiro atoms. The zero-order valence-corrected chi connectivity index (χ0v) is 19.7. The molecule has 0 bridgehead atoms. The van der Waals surface area contributed by atoms with E-state index in [0.717, 1.165) is 24.0 Å². The summed E-state index contributed by atoms with van der Waals surface area (Å²) in [4.78, 5) is 13.2. The number of carbonyl (C=O) groups excluding carboxylic acids is 1. The molecule has 1 amide bonds. The fraction of sp³-hybridized carbons (Fsp3) is 0.333. The zero-order chi connectivity index (χ0) is 22.9. The number of halogens is 1. The Kier molecular flexibility index (Phi) is 6.40. The standard InChI is InChI=1S/C24H26ClN3O3S/c1-16-10-12-18(13-11-16)15-28-23(25)22(17(2)27-28)24(29)26-19-6-5-9-21(14-19)32(30,31)20-7-3-4-8-20/h5-6,9-14,20H,3-4,7-8,15H2,1-2H3,(H,26,29). The van der Waals surface area contributed by atoms with E-state index in [2.05, 4.69) is 10.4 Å². The molecule has 32 heavy (non-hydrogen) atoms. The number of carbonyl (C=O) groups is 1. The summed E-state index contributed by atoms with van der Waals surface area (Å²) >= 11 is 6.51. The van der Waals surface area contributed by atoms with Gasteiger partial charge in [-0.1, -0.05) is 60.3 Å². The first kappa shape index (κ1) is 22.6. The molecule has 0 aliphatic heterocycles. The maximum Gasteiger partial charge on any atom is 0.260 e. The SMILES string of the molecule is Cc1ccc(Cn2nc(C)c(C(=O)Nc3cccc(S(=O)(=O)C4CCCC4)c3)c2Cl)cc1. The van der Waals surface area contributed by atoms with E-state index >= 15 is 0 Å². The van der Waals surface area contributed by atoms with Crippen LogP contribution in [0.2, 0.25) is 5.15 Å². The Bertz CT molecular complexity index is 1240. The van der Waals surface area contributed by atoms with Crippen LogP contribution in [-0.4, -0.2) is 29.4 Å². The number of anilines is 1. The first-order valence-electron chi connectivity index (χ1n) is 10.7. The molecule has 1 aliphatic carbocycles. The van der Waals surface area contributed by atoms with Crippen molar-refractivity contribution in [2.75, 3.05) is 5.32 Å². The summed E-state index contributed by atoms with van der Waals surface area (Å²) in [7, 11) is -3.41. The molecule has 1 aromatic heterocycles. The van der Waals surface area contributed by atoms with Crippen LogP contribution >= 0.6 is 11.6 Å². The van der Waals surface area contributed by atoms with E-state index in [1.807, 2.05) is 31.2 Å². The summed E-state index contributed by atoms with van der Waals surface area (Å²) in [6.45, 7) is 4.20. The molecule has 168 valence electrons. The molecule has 3 aromatic rings. The molecule has 0 unspecified atom stereocenters. The normalized spacial score (nSPS) is 14.6. The van der Waals surface area contributed by atoms with Crippen LogP contribution in [0.5, 0.6) is 0 Å². The minimum absolute atomic E-state index is 0.236. The van der Waals surface area contributed by atoms with Gasteiger partial charge in [-0.15, -0.1) is 0 Å². The number of sulfone groups is 1. The molecule has 0 saturated heterocycles. The average molecular weight is 472 g/mol. The predicted octanol–water partition coefficient (Wildman–Crippen LogP) is 5.17. The van der Waals surface area contributed by atoms with Crippen molar-refractivity contribution >= 4 is 33.0 Å². The highest BCUT2D eigenvalue weighted by atomic mass is 35.5. The molecule has 0 radical (unpaired) electrons. The van der Waals surface area contributed by atoms with Gasteiger partial charge in [0.05, 0.1) is 27.9 Å². The second kappa shape index (κ2) is 9.08. The topological polar surface area (TPSA) is 81.1 Å². The van der Waals surface area contributed by atoms with E-state index in [-0.39, 0.29) is 20.9 Å². The van der Waals surface area contributed by atoms with E-state index in [4.69, 9.17) is 11.6 Å². The Morgan fingerprint density at radius 3 is 2.50 bits per heavy atom. The zero-order valence-electron chi connectivity index (χ0n) is 18.1. The van der Waals surface area contributed by atoms with Crippen molar-refractivity contribution in [1.29, 1.82) is 0 Å². The Morgan fingerprint density at radius 2 is 1.81 bits per heavy atom. The van der Waals surface area contributed by atoms with Gasteiger partial charge < -0.3 is 5.32 Å². The molecule has 2 aromatic carbocycles. The van der Waals surface area contributed by atoms with Gasteiger partial charge in [0.15, 0.2) is 9.84 Å².